The second-order valence-electron chi connectivity index (χ2n) is 6.57. The van der Waals surface area contributed by atoms with Crippen LogP contribution < -0.4 is 5.73 Å². The Labute approximate surface area is 160 Å². The average Bonchev–Trinajstić information content (AvgIpc) is 3.37. The quantitative estimate of drug-likeness (QED) is 0.513. The molecule has 0 radical (unpaired) electrons. The van der Waals surface area contributed by atoms with Gasteiger partial charge in [0.2, 0.25) is 0 Å². The second kappa shape index (κ2) is 6.26. The van der Waals surface area contributed by atoms with Crippen molar-refractivity contribution >= 4 is 33.3 Å². The molecule has 1 unspecified atom stereocenters. The van der Waals surface area contributed by atoms with Gasteiger partial charge < -0.3 is 10.3 Å². The van der Waals surface area contributed by atoms with Gasteiger partial charge in [-0.25, -0.2) is 0 Å². The van der Waals surface area contributed by atoms with E-state index >= 15 is 0 Å². The van der Waals surface area contributed by atoms with E-state index < -0.39 is 0 Å². The van der Waals surface area contributed by atoms with Crippen molar-refractivity contribution < 1.29 is 0 Å². The topological polar surface area (TPSA) is 69.6 Å². The molecule has 3 aromatic heterocycles. The Hall–Kier alpha value is -3.09. The van der Waals surface area contributed by atoms with E-state index in [0.717, 1.165) is 32.6 Å². The monoisotopic (exact) mass is 371 g/mol. The number of nitrogens with two attached hydrogens (primary N) is 1. The van der Waals surface area contributed by atoms with Crippen LogP contribution in [0.5, 0.6) is 0 Å². The van der Waals surface area contributed by atoms with Gasteiger partial charge in [-0.1, -0.05) is 12.1 Å². The zero-order valence-corrected chi connectivity index (χ0v) is 15.5. The summed E-state index contributed by atoms with van der Waals surface area (Å²) in [6, 6.07) is 12.5. The molecule has 0 aliphatic rings. The predicted octanol–water partition coefficient (Wildman–Crippen LogP) is 4.29. The van der Waals surface area contributed by atoms with E-state index in [1.54, 1.807) is 29.2 Å². The number of benzene rings is 2. The molecule has 0 fully saturated rings. The first kappa shape index (κ1) is 16.1. The highest BCUT2D eigenvalue weighted by Gasteiger charge is 2.16. The molecule has 0 saturated carbocycles. The van der Waals surface area contributed by atoms with Gasteiger partial charge in [-0.3, -0.25) is 15.0 Å². The fourth-order valence-electron chi connectivity index (χ4n) is 3.47. The van der Waals surface area contributed by atoms with Crippen LogP contribution in [0.15, 0.2) is 66.7 Å². The Morgan fingerprint density at radius 1 is 1.07 bits per heavy atom. The molecule has 0 amide bonds. The van der Waals surface area contributed by atoms with E-state index in [1.165, 1.54) is 10.9 Å². The van der Waals surface area contributed by atoms with Crippen molar-refractivity contribution in [3.05, 3.63) is 77.1 Å². The summed E-state index contributed by atoms with van der Waals surface area (Å²) in [7, 11) is 2.06. The van der Waals surface area contributed by atoms with Crippen LogP contribution in [0.4, 0.5) is 0 Å². The van der Waals surface area contributed by atoms with Gasteiger partial charge in [0.15, 0.2) is 0 Å². The van der Waals surface area contributed by atoms with E-state index in [2.05, 4.69) is 63.1 Å². The summed E-state index contributed by atoms with van der Waals surface area (Å²) in [6.07, 6.45) is 7.35. The minimum absolute atomic E-state index is 0.235. The van der Waals surface area contributed by atoms with Crippen LogP contribution >= 0.6 is 11.3 Å². The third-order valence-electron chi connectivity index (χ3n) is 4.91. The molecule has 132 valence electrons. The molecule has 1 atom stereocenters. The van der Waals surface area contributed by atoms with Gasteiger partial charge in [0.1, 0.15) is 0 Å². The standard InChI is InChI=1S/C21H17N5S/c1-26-7-4-13-2-3-14(10-18(13)26)16-8-15(20(22)19-11-23-12-27-19)9-17-21(16)25-6-5-24-17/h2-12,20H,22H2,1H3. The Kier molecular flexibility index (Phi) is 3.74. The maximum atomic E-state index is 6.51. The molecule has 0 aliphatic heterocycles. The van der Waals surface area contributed by atoms with Gasteiger partial charge >= 0.3 is 0 Å². The lowest BCUT2D eigenvalue weighted by atomic mass is 9.96. The SMILES string of the molecule is Cn1ccc2ccc(-c3cc(C(N)c4cncs4)cc4nccnc34)cc21. The molecule has 0 spiro atoms. The van der Waals surface area contributed by atoms with Gasteiger partial charge in [0, 0.05) is 47.8 Å². The molecule has 5 aromatic rings. The highest BCUT2D eigenvalue weighted by Crippen LogP contribution is 2.33. The van der Waals surface area contributed by atoms with Gasteiger partial charge in [-0.15, -0.1) is 11.3 Å². The zero-order chi connectivity index (χ0) is 18.4. The number of thiazole rings is 1. The van der Waals surface area contributed by atoms with E-state index in [0.29, 0.717) is 0 Å². The summed E-state index contributed by atoms with van der Waals surface area (Å²) in [5, 5.41) is 1.22. The number of fused-ring (bicyclic) bond motifs is 2. The van der Waals surface area contributed by atoms with E-state index in [1.807, 2.05) is 12.3 Å². The number of nitrogens with zero attached hydrogens (tertiary/aromatic N) is 4. The lowest BCUT2D eigenvalue weighted by Gasteiger charge is -2.14. The van der Waals surface area contributed by atoms with Crippen molar-refractivity contribution in [2.24, 2.45) is 12.8 Å². The Bertz CT molecular complexity index is 1260. The van der Waals surface area contributed by atoms with Crippen LogP contribution in [0.1, 0.15) is 16.5 Å². The molecule has 0 saturated heterocycles. The summed E-state index contributed by atoms with van der Waals surface area (Å²) in [6.45, 7) is 0. The molecule has 6 heteroatoms. The number of hydrogen-bond acceptors (Lipinski definition) is 5. The van der Waals surface area contributed by atoms with Gasteiger partial charge in [0.05, 0.1) is 22.6 Å². The van der Waals surface area contributed by atoms with Gasteiger partial charge in [-0.05, 0) is 40.8 Å². The third-order valence-corrected chi connectivity index (χ3v) is 5.77. The van der Waals surface area contributed by atoms with Crippen LogP contribution in [0, 0.1) is 0 Å². The summed E-state index contributed by atoms with van der Waals surface area (Å²) in [5.41, 5.74) is 14.4. The smallest absolute Gasteiger partial charge is 0.0965 e. The maximum Gasteiger partial charge on any atom is 0.0965 e. The summed E-state index contributed by atoms with van der Waals surface area (Å²) >= 11 is 1.56. The average molecular weight is 371 g/mol. The van der Waals surface area contributed by atoms with Crippen LogP contribution in [0.25, 0.3) is 33.1 Å². The van der Waals surface area contributed by atoms with E-state index in [9.17, 15) is 0 Å². The minimum atomic E-state index is -0.235. The molecule has 2 aromatic carbocycles. The molecular formula is C21H17N5S. The lowest BCUT2D eigenvalue weighted by molar-refractivity contribution is 0.891. The molecule has 27 heavy (non-hydrogen) atoms. The zero-order valence-electron chi connectivity index (χ0n) is 14.7. The van der Waals surface area contributed by atoms with E-state index in [4.69, 9.17) is 5.73 Å². The summed E-state index contributed by atoms with van der Waals surface area (Å²) in [4.78, 5) is 14.3. The Morgan fingerprint density at radius 2 is 1.96 bits per heavy atom. The fraction of sp³-hybridized carbons (Fsp3) is 0.0952. The van der Waals surface area contributed by atoms with Crippen LogP contribution in [0.2, 0.25) is 0 Å². The van der Waals surface area contributed by atoms with Crippen LogP contribution in [-0.2, 0) is 7.05 Å². The number of aryl methyl sites for hydroxylation is 1. The maximum absolute atomic E-state index is 6.51. The minimum Gasteiger partial charge on any atom is -0.351 e. The van der Waals surface area contributed by atoms with Crippen LogP contribution in [0.3, 0.4) is 0 Å². The lowest BCUT2D eigenvalue weighted by Crippen LogP contribution is -2.10. The van der Waals surface area contributed by atoms with Crippen LogP contribution in [-0.4, -0.2) is 19.5 Å². The largest absolute Gasteiger partial charge is 0.351 e. The first-order valence-electron chi connectivity index (χ1n) is 8.65. The van der Waals surface area contributed by atoms with Crippen molar-refractivity contribution in [1.82, 2.24) is 19.5 Å². The number of rotatable bonds is 3. The van der Waals surface area contributed by atoms with Crippen molar-refractivity contribution in [3.8, 4) is 11.1 Å². The molecular weight excluding hydrogens is 354 g/mol. The summed E-state index contributed by atoms with van der Waals surface area (Å²) < 4.78 is 2.12. The first-order chi connectivity index (χ1) is 13.2. The first-order valence-corrected chi connectivity index (χ1v) is 9.53. The van der Waals surface area contributed by atoms with Crippen molar-refractivity contribution in [1.29, 1.82) is 0 Å². The molecule has 5 nitrogen and oxygen atoms in total. The number of aromatic nitrogens is 4. The fourth-order valence-corrected chi connectivity index (χ4v) is 4.12. The van der Waals surface area contributed by atoms with Gasteiger partial charge in [-0.2, -0.15) is 0 Å². The highest BCUT2D eigenvalue weighted by atomic mass is 32.1. The predicted molar refractivity (Wildman–Crippen MR) is 110 cm³/mol. The third kappa shape index (κ3) is 2.70. The van der Waals surface area contributed by atoms with E-state index in [-0.39, 0.29) is 6.04 Å². The molecule has 2 N–H and O–H groups in total. The number of hydrogen-bond donors (Lipinski definition) is 1. The van der Waals surface area contributed by atoms with Crippen molar-refractivity contribution in [2.45, 2.75) is 6.04 Å². The molecule has 5 rings (SSSR count). The molecule has 0 aliphatic carbocycles. The van der Waals surface area contributed by atoms with Crippen molar-refractivity contribution in [2.75, 3.05) is 0 Å². The van der Waals surface area contributed by atoms with Crippen molar-refractivity contribution in [3.63, 3.8) is 0 Å². The Morgan fingerprint density at radius 3 is 2.81 bits per heavy atom. The Balaban J connectivity index is 1.75. The highest BCUT2D eigenvalue weighted by molar-refractivity contribution is 7.09. The molecule has 3 heterocycles. The second-order valence-corrected chi connectivity index (χ2v) is 7.49. The normalized spacial score (nSPS) is 12.7. The summed E-state index contributed by atoms with van der Waals surface area (Å²) in [5.74, 6) is 0. The molecule has 0 bridgehead atoms. The van der Waals surface area contributed by atoms with Gasteiger partial charge in [0.25, 0.3) is 0 Å².